The van der Waals surface area contributed by atoms with E-state index in [0.29, 0.717) is 24.4 Å². The quantitative estimate of drug-likeness (QED) is 0.388. The standard InChI is InChI=1S/C22H24O10/c1-21-9-11-17(21)13(7-15(23)31-21)27-3-4-28-14-8-16(24)32-22(2)10-12(18(14)22)20(26)30-6-5-29-19(11)25/h7-8,11-12,17-18H,3-6,9-10H2,1-2H3/t11-,12-,17-,18-,21-,22-/m1/s1. The lowest BCUT2D eigenvalue weighted by Crippen LogP contribution is -2.60. The molecule has 32 heavy (non-hydrogen) atoms. The fraction of sp³-hybridized carbons (Fsp3) is 0.636. The molecule has 5 aliphatic rings. The van der Waals surface area contributed by atoms with E-state index in [9.17, 15) is 19.2 Å². The van der Waals surface area contributed by atoms with Gasteiger partial charge >= 0.3 is 23.9 Å². The number of hydrogen-bond donors (Lipinski definition) is 0. The summed E-state index contributed by atoms with van der Waals surface area (Å²) in [4.78, 5) is 49.1. The molecule has 0 N–H and O–H groups in total. The van der Waals surface area contributed by atoms with Crippen molar-refractivity contribution in [1.82, 2.24) is 0 Å². The minimum atomic E-state index is -0.847. The summed E-state index contributed by atoms with van der Waals surface area (Å²) in [5.74, 6) is -3.27. The van der Waals surface area contributed by atoms with Crippen LogP contribution in [0.1, 0.15) is 26.7 Å². The Kier molecular flexibility index (Phi) is 4.72. The molecule has 0 amide bonds. The summed E-state index contributed by atoms with van der Waals surface area (Å²) in [5.41, 5.74) is -1.69. The van der Waals surface area contributed by atoms with Gasteiger partial charge in [0.05, 0.1) is 35.8 Å². The van der Waals surface area contributed by atoms with Gasteiger partial charge in [0.1, 0.15) is 49.1 Å². The highest BCUT2D eigenvalue weighted by Crippen LogP contribution is 2.54. The zero-order valence-corrected chi connectivity index (χ0v) is 17.8. The summed E-state index contributed by atoms with van der Waals surface area (Å²) in [5, 5.41) is 0. The van der Waals surface area contributed by atoms with E-state index in [4.69, 9.17) is 28.4 Å². The highest BCUT2D eigenvalue weighted by Gasteiger charge is 2.62. The van der Waals surface area contributed by atoms with Crippen LogP contribution in [0, 0.1) is 23.7 Å². The van der Waals surface area contributed by atoms with Crippen LogP contribution in [0.5, 0.6) is 0 Å². The van der Waals surface area contributed by atoms with Gasteiger partial charge < -0.3 is 28.4 Å². The van der Waals surface area contributed by atoms with E-state index in [1.807, 2.05) is 0 Å². The Labute approximate surface area is 183 Å². The molecule has 0 aromatic heterocycles. The zero-order valence-electron chi connectivity index (χ0n) is 17.8. The Morgan fingerprint density at radius 3 is 1.44 bits per heavy atom. The van der Waals surface area contributed by atoms with Gasteiger partial charge in [-0.3, -0.25) is 9.59 Å². The Bertz CT molecular complexity index is 874. The lowest BCUT2D eigenvalue weighted by molar-refractivity contribution is -0.208. The van der Waals surface area contributed by atoms with Crippen molar-refractivity contribution in [2.45, 2.75) is 37.9 Å². The molecule has 5 rings (SSSR count). The molecular weight excluding hydrogens is 424 g/mol. The van der Waals surface area contributed by atoms with Gasteiger partial charge in [-0.15, -0.1) is 0 Å². The first-order valence-corrected chi connectivity index (χ1v) is 10.7. The highest BCUT2D eigenvalue weighted by atomic mass is 16.6. The fourth-order valence-corrected chi connectivity index (χ4v) is 5.55. The molecule has 0 bridgehead atoms. The molecule has 3 fully saturated rings. The van der Waals surface area contributed by atoms with Crippen LogP contribution in [0.3, 0.4) is 0 Å². The monoisotopic (exact) mass is 448 g/mol. The number of cyclic esters (lactones) is 2. The normalized spacial score (nSPS) is 41.2. The first-order valence-electron chi connectivity index (χ1n) is 10.7. The number of hydrogen-bond acceptors (Lipinski definition) is 10. The summed E-state index contributed by atoms with van der Waals surface area (Å²) in [6, 6.07) is 0. The maximum Gasteiger partial charge on any atom is 0.334 e. The largest absolute Gasteiger partial charge is 0.494 e. The zero-order chi connectivity index (χ0) is 22.7. The molecule has 6 atom stereocenters. The SMILES string of the molecule is C[C@]12C[C@H]3C(=O)OCCOC(=O)[C@@H]4C[C@@]5(C)OC(=O)C=C(OCCOC(=CC(=O)O1)[C@@H]32)[C@@H]45. The van der Waals surface area contributed by atoms with Crippen LogP contribution in [0.4, 0.5) is 0 Å². The van der Waals surface area contributed by atoms with Crippen molar-refractivity contribution < 1.29 is 47.6 Å². The molecule has 1 saturated heterocycles. The van der Waals surface area contributed by atoms with Gasteiger partial charge in [-0.2, -0.15) is 0 Å². The average Bonchev–Trinajstić information content (AvgIpc) is 2.68. The van der Waals surface area contributed by atoms with Crippen molar-refractivity contribution >= 4 is 23.9 Å². The van der Waals surface area contributed by atoms with Crippen LogP contribution >= 0.6 is 0 Å². The van der Waals surface area contributed by atoms with Crippen molar-refractivity contribution in [3.8, 4) is 0 Å². The third-order valence-electron chi connectivity index (χ3n) is 6.97. The molecule has 0 aromatic carbocycles. The Morgan fingerprint density at radius 1 is 0.656 bits per heavy atom. The molecule has 10 nitrogen and oxygen atoms in total. The summed E-state index contributed by atoms with van der Waals surface area (Å²) in [7, 11) is 0. The lowest BCUT2D eigenvalue weighted by atomic mass is 9.60. The van der Waals surface area contributed by atoms with Crippen LogP contribution < -0.4 is 0 Å². The van der Waals surface area contributed by atoms with Crippen molar-refractivity contribution in [1.29, 1.82) is 0 Å². The second-order valence-electron chi connectivity index (χ2n) is 9.17. The molecule has 3 heterocycles. The van der Waals surface area contributed by atoms with Gasteiger partial charge in [-0.1, -0.05) is 0 Å². The van der Waals surface area contributed by atoms with Crippen LogP contribution in [-0.4, -0.2) is 61.5 Å². The summed E-state index contributed by atoms with van der Waals surface area (Å²) < 4.78 is 33.1. The van der Waals surface area contributed by atoms with Gasteiger partial charge in [-0.05, 0) is 13.8 Å². The van der Waals surface area contributed by atoms with Gasteiger partial charge in [0.2, 0.25) is 0 Å². The second kappa shape index (κ2) is 7.25. The van der Waals surface area contributed by atoms with Crippen LogP contribution in [0.15, 0.2) is 23.7 Å². The lowest BCUT2D eigenvalue weighted by Gasteiger charge is -2.53. The maximum atomic E-state index is 12.6. The minimum absolute atomic E-state index is 0.0679. The fourth-order valence-electron chi connectivity index (χ4n) is 5.55. The van der Waals surface area contributed by atoms with Gasteiger partial charge in [0, 0.05) is 12.8 Å². The Hall–Kier alpha value is -3.04. The molecular formula is C22H24O10. The molecule has 0 aromatic rings. The molecule has 10 heteroatoms. The van der Waals surface area contributed by atoms with Crippen LogP contribution in [0.25, 0.3) is 0 Å². The molecule has 0 spiro atoms. The second-order valence-corrected chi connectivity index (χ2v) is 9.17. The van der Waals surface area contributed by atoms with Gasteiger partial charge in [0.25, 0.3) is 0 Å². The Morgan fingerprint density at radius 2 is 1.03 bits per heavy atom. The summed E-state index contributed by atoms with van der Waals surface area (Å²) in [6.07, 6.45) is 3.12. The van der Waals surface area contributed by atoms with E-state index in [0.717, 1.165) is 0 Å². The topological polar surface area (TPSA) is 124 Å². The van der Waals surface area contributed by atoms with Gasteiger partial charge in [0.15, 0.2) is 0 Å². The molecule has 2 saturated carbocycles. The van der Waals surface area contributed by atoms with Crippen molar-refractivity contribution in [3.05, 3.63) is 23.7 Å². The number of esters is 4. The van der Waals surface area contributed by atoms with Crippen LogP contribution in [-0.2, 0) is 47.6 Å². The van der Waals surface area contributed by atoms with E-state index in [-0.39, 0.29) is 26.4 Å². The van der Waals surface area contributed by atoms with Crippen molar-refractivity contribution in [3.63, 3.8) is 0 Å². The predicted molar refractivity (Wildman–Crippen MR) is 102 cm³/mol. The number of carbonyl (C=O) groups excluding carboxylic acids is 4. The van der Waals surface area contributed by atoms with Gasteiger partial charge in [-0.25, -0.2) is 9.59 Å². The first-order chi connectivity index (χ1) is 15.2. The number of rotatable bonds is 0. The van der Waals surface area contributed by atoms with E-state index >= 15 is 0 Å². The molecule has 0 radical (unpaired) electrons. The average molecular weight is 448 g/mol. The van der Waals surface area contributed by atoms with E-state index < -0.39 is 58.8 Å². The third kappa shape index (κ3) is 3.23. The van der Waals surface area contributed by atoms with Crippen LogP contribution in [0.2, 0.25) is 0 Å². The minimum Gasteiger partial charge on any atom is -0.494 e. The molecule has 0 unspecified atom stereocenters. The maximum absolute atomic E-state index is 12.6. The van der Waals surface area contributed by atoms with Crippen molar-refractivity contribution in [2.24, 2.45) is 23.7 Å². The molecule has 172 valence electrons. The highest BCUT2D eigenvalue weighted by molar-refractivity contribution is 5.87. The van der Waals surface area contributed by atoms with E-state index in [2.05, 4.69) is 0 Å². The first kappa shape index (κ1) is 20.8. The number of carbonyl (C=O) groups is 4. The summed E-state index contributed by atoms with van der Waals surface area (Å²) in [6.45, 7) is 3.46. The van der Waals surface area contributed by atoms with E-state index in [1.165, 1.54) is 12.2 Å². The van der Waals surface area contributed by atoms with Crippen molar-refractivity contribution in [2.75, 3.05) is 26.4 Å². The Balaban J connectivity index is 1.37. The number of ether oxygens (including phenoxy) is 6. The predicted octanol–water partition coefficient (Wildman–Crippen LogP) is 0.791. The molecule has 3 aliphatic heterocycles. The smallest absolute Gasteiger partial charge is 0.334 e. The third-order valence-corrected chi connectivity index (χ3v) is 6.97. The molecule has 2 aliphatic carbocycles. The summed E-state index contributed by atoms with van der Waals surface area (Å²) >= 11 is 0. The van der Waals surface area contributed by atoms with E-state index in [1.54, 1.807) is 13.8 Å².